The number of rotatable bonds is 3. The summed E-state index contributed by atoms with van der Waals surface area (Å²) in [6, 6.07) is 6.31. The number of thiazole rings is 1. The second-order valence-electron chi connectivity index (χ2n) is 3.11. The van der Waals surface area contributed by atoms with Crippen molar-refractivity contribution in [3.05, 3.63) is 41.3 Å². The fourth-order valence-electron chi connectivity index (χ4n) is 1.29. The lowest BCUT2D eigenvalue weighted by Crippen LogP contribution is -1.92. The largest absolute Gasteiger partial charge is 0.346 e. The number of aromatic nitrogens is 1. The van der Waals surface area contributed by atoms with Crippen LogP contribution in [0, 0.1) is 5.82 Å². The topological polar surface area (TPSA) is 24.9 Å². The Bertz CT molecular complexity index is 436. The van der Waals surface area contributed by atoms with Crippen molar-refractivity contribution in [3.63, 3.8) is 0 Å². The van der Waals surface area contributed by atoms with Gasteiger partial charge in [0.05, 0.1) is 11.2 Å². The van der Waals surface area contributed by atoms with Gasteiger partial charge in [0.2, 0.25) is 0 Å². The molecule has 4 heteroatoms. The van der Waals surface area contributed by atoms with Gasteiger partial charge in [-0.05, 0) is 30.7 Å². The quantitative estimate of drug-likeness (QED) is 0.858. The van der Waals surface area contributed by atoms with E-state index in [1.54, 1.807) is 23.5 Å². The van der Waals surface area contributed by atoms with Gasteiger partial charge >= 0.3 is 0 Å². The zero-order valence-electron chi connectivity index (χ0n) is 8.33. The zero-order chi connectivity index (χ0) is 10.7. The van der Waals surface area contributed by atoms with Crippen LogP contribution < -0.4 is 5.32 Å². The van der Waals surface area contributed by atoms with Crippen molar-refractivity contribution in [2.75, 3.05) is 5.32 Å². The van der Waals surface area contributed by atoms with Gasteiger partial charge in [0.1, 0.15) is 10.8 Å². The summed E-state index contributed by atoms with van der Waals surface area (Å²) < 4.78 is 12.7. The van der Waals surface area contributed by atoms with Crippen molar-refractivity contribution < 1.29 is 4.39 Å². The zero-order valence-corrected chi connectivity index (χ0v) is 9.14. The summed E-state index contributed by atoms with van der Waals surface area (Å²) >= 11 is 1.56. The lowest BCUT2D eigenvalue weighted by atomic mass is 10.3. The van der Waals surface area contributed by atoms with Crippen LogP contribution in [0.1, 0.15) is 12.6 Å². The van der Waals surface area contributed by atoms with Crippen molar-refractivity contribution in [2.45, 2.75) is 13.3 Å². The average Bonchev–Trinajstić information content (AvgIpc) is 2.69. The summed E-state index contributed by atoms with van der Waals surface area (Å²) in [4.78, 5) is 4.23. The minimum Gasteiger partial charge on any atom is -0.346 e. The third kappa shape index (κ3) is 2.33. The summed E-state index contributed by atoms with van der Waals surface area (Å²) in [6.45, 7) is 2.06. The Morgan fingerprint density at radius 1 is 1.33 bits per heavy atom. The Hall–Kier alpha value is -1.42. The molecule has 0 amide bonds. The molecular formula is C11H11FN2S. The molecule has 0 fully saturated rings. The molecule has 1 aromatic carbocycles. The molecule has 2 nitrogen and oxygen atoms in total. The van der Waals surface area contributed by atoms with Crippen LogP contribution in [-0.2, 0) is 6.42 Å². The summed E-state index contributed by atoms with van der Waals surface area (Å²) in [6.07, 6.45) is 0.896. The number of benzene rings is 1. The first-order valence-electron chi connectivity index (χ1n) is 4.74. The van der Waals surface area contributed by atoms with Crippen molar-refractivity contribution in [1.29, 1.82) is 0 Å². The van der Waals surface area contributed by atoms with Crippen LogP contribution in [0.4, 0.5) is 15.1 Å². The highest BCUT2D eigenvalue weighted by Crippen LogP contribution is 2.25. The third-order valence-electron chi connectivity index (χ3n) is 2.08. The first-order chi connectivity index (χ1) is 7.29. The Labute approximate surface area is 91.8 Å². The van der Waals surface area contributed by atoms with Crippen LogP contribution in [0.2, 0.25) is 0 Å². The fraction of sp³-hybridized carbons (Fsp3) is 0.182. The molecule has 0 bridgehead atoms. The number of halogens is 1. The number of hydrogen-bond acceptors (Lipinski definition) is 3. The van der Waals surface area contributed by atoms with E-state index in [0.29, 0.717) is 0 Å². The molecule has 0 saturated heterocycles. The molecule has 0 radical (unpaired) electrons. The monoisotopic (exact) mass is 222 g/mol. The Morgan fingerprint density at radius 3 is 2.73 bits per heavy atom. The second kappa shape index (κ2) is 4.40. The molecule has 1 N–H and O–H groups in total. The standard InChI is InChI=1S/C11H11FN2S/c1-2-10-11(15-7-13-10)14-9-5-3-8(12)4-6-9/h3-7,14H,2H2,1H3. The molecule has 0 atom stereocenters. The van der Waals surface area contributed by atoms with Crippen LogP contribution in [0.3, 0.4) is 0 Å². The molecule has 1 aromatic heterocycles. The molecule has 0 saturated carbocycles. The van der Waals surface area contributed by atoms with Crippen LogP contribution in [-0.4, -0.2) is 4.98 Å². The van der Waals surface area contributed by atoms with E-state index in [1.165, 1.54) is 12.1 Å². The van der Waals surface area contributed by atoms with E-state index in [0.717, 1.165) is 22.8 Å². The number of hydrogen-bond donors (Lipinski definition) is 1. The average molecular weight is 222 g/mol. The van der Waals surface area contributed by atoms with Crippen LogP contribution in [0.25, 0.3) is 0 Å². The predicted octanol–water partition coefficient (Wildman–Crippen LogP) is 3.59. The molecule has 0 aliphatic rings. The summed E-state index contributed by atoms with van der Waals surface area (Å²) in [5.74, 6) is -0.222. The highest BCUT2D eigenvalue weighted by atomic mass is 32.1. The third-order valence-corrected chi connectivity index (χ3v) is 2.86. The van der Waals surface area contributed by atoms with E-state index < -0.39 is 0 Å². The minimum atomic E-state index is -0.222. The van der Waals surface area contributed by atoms with Crippen molar-refractivity contribution in [2.24, 2.45) is 0 Å². The lowest BCUT2D eigenvalue weighted by molar-refractivity contribution is 0.628. The first kappa shape index (κ1) is 10.1. The van der Waals surface area contributed by atoms with Crippen LogP contribution >= 0.6 is 11.3 Å². The fourth-order valence-corrected chi connectivity index (χ4v) is 2.08. The van der Waals surface area contributed by atoms with E-state index >= 15 is 0 Å². The van der Waals surface area contributed by atoms with Gasteiger partial charge in [-0.1, -0.05) is 6.92 Å². The van der Waals surface area contributed by atoms with Gasteiger partial charge in [0.25, 0.3) is 0 Å². The Morgan fingerprint density at radius 2 is 2.07 bits per heavy atom. The SMILES string of the molecule is CCc1ncsc1Nc1ccc(F)cc1. The number of nitrogens with zero attached hydrogens (tertiary/aromatic N) is 1. The summed E-state index contributed by atoms with van der Waals surface area (Å²) in [5, 5.41) is 4.25. The maximum Gasteiger partial charge on any atom is 0.123 e. The van der Waals surface area contributed by atoms with Crippen molar-refractivity contribution >= 4 is 22.0 Å². The van der Waals surface area contributed by atoms with E-state index in [4.69, 9.17) is 0 Å². The number of aryl methyl sites for hydroxylation is 1. The van der Waals surface area contributed by atoms with Gasteiger partial charge in [-0.15, -0.1) is 11.3 Å². The summed E-state index contributed by atoms with van der Waals surface area (Å²) in [5.41, 5.74) is 3.74. The maximum atomic E-state index is 12.7. The first-order valence-corrected chi connectivity index (χ1v) is 5.62. The van der Waals surface area contributed by atoms with Gasteiger partial charge in [-0.25, -0.2) is 9.37 Å². The number of nitrogens with one attached hydrogen (secondary N) is 1. The molecular weight excluding hydrogens is 211 g/mol. The van der Waals surface area contributed by atoms with Gasteiger partial charge in [-0.3, -0.25) is 0 Å². The molecule has 2 aromatic rings. The molecule has 15 heavy (non-hydrogen) atoms. The normalized spacial score (nSPS) is 10.3. The molecule has 0 aliphatic carbocycles. The molecule has 2 rings (SSSR count). The minimum absolute atomic E-state index is 0.222. The van der Waals surface area contributed by atoms with Gasteiger partial charge in [0.15, 0.2) is 0 Å². The highest BCUT2D eigenvalue weighted by Gasteiger charge is 2.03. The number of anilines is 2. The van der Waals surface area contributed by atoms with Gasteiger partial charge < -0.3 is 5.32 Å². The summed E-state index contributed by atoms with van der Waals surface area (Å²) in [7, 11) is 0. The van der Waals surface area contributed by atoms with Gasteiger partial charge in [0, 0.05) is 5.69 Å². The predicted molar refractivity (Wildman–Crippen MR) is 61.2 cm³/mol. The van der Waals surface area contributed by atoms with Crippen LogP contribution in [0.5, 0.6) is 0 Å². The second-order valence-corrected chi connectivity index (χ2v) is 3.97. The highest BCUT2D eigenvalue weighted by molar-refractivity contribution is 7.14. The van der Waals surface area contributed by atoms with Crippen molar-refractivity contribution in [1.82, 2.24) is 4.98 Å². The van der Waals surface area contributed by atoms with E-state index in [2.05, 4.69) is 17.2 Å². The van der Waals surface area contributed by atoms with E-state index in [1.807, 2.05) is 5.51 Å². The molecule has 0 aliphatic heterocycles. The van der Waals surface area contributed by atoms with Crippen molar-refractivity contribution in [3.8, 4) is 0 Å². The molecule has 78 valence electrons. The smallest absolute Gasteiger partial charge is 0.123 e. The van der Waals surface area contributed by atoms with E-state index in [9.17, 15) is 4.39 Å². The maximum absolute atomic E-state index is 12.7. The van der Waals surface area contributed by atoms with E-state index in [-0.39, 0.29) is 5.82 Å². The molecule has 0 spiro atoms. The van der Waals surface area contributed by atoms with Gasteiger partial charge in [-0.2, -0.15) is 0 Å². The Balaban J connectivity index is 2.18. The molecule has 0 unspecified atom stereocenters. The van der Waals surface area contributed by atoms with Crippen LogP contribution in [0.15, 0.2) is 29.8 Å². The molecule has 1 heterocycles. The lowest BCUT2D eigenvalue weighted by Gasteiger charge is -2.04. The Kier molecular flexibility index (Phi) is 2.97.